The topological polar surface area (TPSA) is 65.3 Å². The Bertz CT molecular complexity index is 650. The zero-order valence-corrected chi connectivity index (χ0v) is 13.1. The van der Waals surface area contributed by atoms with E-state index in [1.807, 2.05) is 24.3 Å². The second-order valence-corrected chi connectivity index (χ2v) is 5.39. The van der Waals surface area contributed by atoms with E-state index in [4.69, 9.17) is 10.00 Å². The Kier molecular flexibility index (Phi) is 5.20. The summed E-state index contributed by atoms with van der Waals surface area (Å²) in [4.78, 5) is 0. The van der Waals surface area contributed by atoms with Crippen LogP contribution in [0.1, 0.15) is 17.2 Å². The Morgan fingerprint density at radius 1 is 1.29 bits per heavy atom. The molecule has 5 heteroatoms. The first-order chi connectivity index (χ1) is 10.1. The van der Waals surface area contributed by atoms with Gasteiger partial charge >= 0.3 is 0 Å². The molecule has 2 aromatic carbocycles. The van der Waals surface area contributed by atoms with E-state index in [1.54, 1.807) is 25.3 Å². The van der Waals surface area contributed by atoms with Crippen LogP contribution in [0.25, 0.3) is 0 Å². The van der Waals surface area contributed by atoms with Crippen molar-refractivity contribution in [2.45, 2.75) is 6.10 Å². The van der Waals surface area contributed by atoms with Gasteiger partial charge in [0.15, 0.2) is 0 Å². The summed E-state index contributed by atoms with van der Waals surface area (Å²) >= 11 is 3.33. The molecule has 0 saturated carbocycles. The van der Waals surface area contributed by atoms with E-state index >= 15 is 0 Å². The second kappa shape index (κ2) is 7.11. The number of aliphatic hydroxyl groups is 1. The maximum atomic E-state index is 10.2. The quantitative estimate of drug-likeness (QED) is 0.869. The lowest BCUT2D eigenvalue weighted by molar-refractivity contribution is 0.191. The molecule has 108 valence electrons. The summed E-state index contributed by atoms with van der Waals surface area (Å²) < 4.78 is 5.93. The standard InChI is InChI=1S/C16H15BrN2O2/c1-21-14-5-2-11(3-6-14)16(20)10-19-15-7-4-13(17)8-12(15)9-18/h2-8,16,19-20H,10H2,1H3. The van der Waals surface area contributed by atoms with Crippen molar-refractivity contribution >= 4 is 21.6 Å². The molecular formula is C16H15BrN2O2. The summed E-state index contributed by atoms with van der Waals surface area (Å²) in [6.07, 6.45) is -0.661. The number of benzene rings is 2. The van der Waals surface area contributed by atoms with E-state index in [2.05, 4.69) is 27.3 Å². The lowest BCUT2D eigenvalue weighted by Crippen LogP contribution is -2.12. The summed E-state index contributed by atoms with van der Waals surface area (Å²) in [5.41, 5.74) is 2.03. The molecule has 0 heterocycles. The minimum absolute atomic E-state index is 0.322. The first kappa shape index (κ1) is 15.4. The van der Waals surface area contributed by atoms with Crippen LogP contribution < -0.4 is 10.1 Å². The molecule has 0 aliphatic rings. The molecule has 2 rings (SSSR count). The first-order valence-electron chi connectivity index (χ1n) is 6.39. The van der Waals surface area contributed by atoms with Gasteiger partial charge in [-0.3, -0.25) is 0 Å². The van der Waals surface area contributed by atoms with E-state index in [9.17, 15) is 5.11 Å². The molecule has 2 N–H and O–H groups in total. The van der Waals surface area contributed by atoms with Crippen LogP contribution in [0.5, 0.6) is 5.75 Å². The van der Waals surface area contributed by atoms with Gasteiger partial charge in [0.25, 0.3) is 0 Å². The van der Waals surface area contributed by atoms with Gasteiger partial charge in [-0.05, 0) is 35.9 Å². The summed E-state index contributed by atoms with van der Waals surface area (Å²) in [6.45, 7) is 0.322. The summed E-state index contributed by atoms with van der Waals surface area (Å²) in [5.74, 6) is 0.749. The van der Waals surface area contributed by atoms with Gasteiger partial charge in [-0.15, -0.1) is 0 Å². The Morgan fingerprint density at radius 2 is 2.00 bits per heavy atom. The summed E-state index contributed by atoms with van der Waals surface area (Å²) in [7, 11) is 1.60. The van der Waals surface area contributed by atoms with Crippen molar-refractivity contribution < 1.29 is 9.84 Å². The van der Waals surface area contributed by atoms with Gasteiger partial charge in [-0.1, -0.05) is 28.1 Å². The third kappa shape index (κ3) is 3.97. The van der Waals surface area contributed by atoms with Crippen LogP contribution in [0.2, 0.25) is 0 Å². The van der Waals surface area contributed by atoms with E-state index in [0.717, 1.165) is 15.8 Å². The number of nitriles is 1. The number of halogens is 1. The minimum Gasteiger partial charge on any atom is -0.497 e. The Morgan fingerprint density at radius 3 is 2.62 bits per heavy atom. The predicted octanol–water partition coefficient (Wildman–Crippen LogP) is 3.47. The number of anilines is 1. The normalized spacial score (nSPS) is 11.5. The van der Waals surface area contributed by atoms with Crippen molar-refractivity contribution in [1.29, 1.82) is 5.26 Å². The molecule has 2 aromatic rings. The van der Waals surface area contributed by atoms with Crippen molar-refractivity contribution in [3.05, 3.63) is 58.1 Å². The molecule has 0 aromatic heterocycles. The van der Waals surface area contributed by atoms with Crippen LogP contribution in [0, 0.1) is 11.3 Å². The molecule has 0 radical (unpaired) electrons. The second-order valence-electron chi connectivity index (χ2n) is 4.47. The number of aliphatic hydroxyl groups excluding tert-OH is 1. The lowest BCUT2D eigenvalue weighted by atomic mass is 10.1. The fourth-order valence-electron chi connectivity index (χ4n) is 1.91. The highest BCUT2D eigenvalue weighted by atomic mass is 79.9. The van der Waals surface area contributed by atoms with Crippen molar-refractivity contribution in [3.63, 3.8) is 0 Å². The van der Waals surface area contributed by atoms with Crippen LogP contribution in [-0.4, -0.2) is 18.8 Å². The van der Waals surface area contributed by atoms with E-state index < -0.39 is 6.10 Å². The largest absolute Gasteiger partial charge is 0.497 e. The zero-order valence-electron chi connectivity index (χ0n) is 11.5. The fraction of sp³-hybridized carbons (Fsp3) is 0.188. The Balaban J connectivity index is 2.03. The third-order valence-electron chi connectivity index (χ3n) is 3.09. The molecular weight excluding hydrogens is 332 g/mol. The molecule has 1 atom stereocenters. The average Bonchev–Trinajstić information content (AvgIpc) is 2.53. The zero-order chi connectivity index (χ0) is 15.2. The van der Waals surface area contributed by atoms with E-state index in [-0.39, 0.29) is 0 Å². The molecule has 0 aliphatic carbocycles. The smallest absolute Gasteiger partial charge is 0.118 e. The SMILES string of the molecule is COc1ccc(C(O)CNc2ccc(Br)cc2C#N)cc1. The van der Waals surface area contributed by atoms with E-state index in [1.165, 1.54) is 0 Å². The van der Waals surface area contributed by atoms with Crippen molar-refractivity contribution in [2.75, 3.05) is 19.0 Å². The van der Waals surface area contributed by atoms with Gasteiger partial charge in [0, 0.05) is 11.0 Å². The third-order valence-corrected chi connectivity index (χ3v) is 3.58. The summed E-state index contributed by atoms with van der Waals surface area (Å²) in [6, 6.07) is 14.8. The van der Waals surface area contributed by atoms with Crippen molar-refractivity contribution in [3.8, 4) is 11.8 Å². The van der Waals surface area contributed by atoms with Gasteiger partial charge in [-0.2, -0.15) is 5.26 Å². The molecule has 0 saturated heterocycles. The van der Waals surface area contributed by atoms with Gasteiger partial charge in [0.05, 0.1) is 24.5 Å². The number of nitrogens with zero attached hydrogens (tertiary/aromatic N) is 1. The average molecular weight is 347 g/mol. The van der Waals surface area contributed by atoms with Gasteiger partial charge < -0.3 is 15.2 Å². The maximum Gasteiger partial charge on any atom is 0.118 e. The lowest BCUT2D eigenvalue weighted by Gasteiger charge is -2.14. The minimum atomic E-state index is -0.661. The van der Waals surface area contributed by atoms with Crippen LogP contribution in [0.3, 0.4) is 0 Å². The van der Waals surface area contributed by atoms with Crippen LogP contribution in [0.15, 0.2) is 46.9 Å². The Hall–Kier alpha value is -2.03. The monoisotopic (exact) mass is 346 g/mol. The van der Waals surface area contributed by atoms with Crippen molar-refractivity contribution in [1.82, 2.24) is 0 Å². The molecule has 0 amide bonds. The van der Waals surface area contributed by atoms with Gasteiger partial charge in [0.2, 0.25) is 0 Å². The van der Waals surface area contributed by atoms with E-state index in [0.29, 0.717) is 17.8 Å². The number of nitrogens with one attached hydrogen (secondary N) is 1. The highest BCUT2D eigenvalue weighted by molar-refractivity contribution is 9.10. The molecule has 0 fully saturated rings. The predicted molar refractivity (Wildman–Crippen MR) is 85.3 cm³/mol. The van der Waals surface area contributed by atoms with Gasteiger partial charge in [0.1, 0.15) is 11.8 Å². The fourth-order valence-corrected chi connectivity index (χ4v) is 2.27. The van der Waals surface area contributed by atoms with Crippen LogP contribution in [-0.2, 0) is 0 Å². The number of hydrogen-bond acceptors (Lipinski definition) is 4. The number of hydrogen-bond donors (Lipinski definition) is 2. The maximum absolute atomic E-state index is 10.2. The van der Waals surface area contributed by atoms with Crippen LogP contribution in [0.4, 0.5) is 5.69 Å². The number of ether oxygens (including phenoxy) is 1. The number of methoxy groups -OCH3 is 1. The highest BCUT2D eigenvalue weighted by Crippen LogP contribution is 2.22. The van der Waals surface area contributed by atoms with Crippen molar-refractivity contribution in [2.24, 2.45) is 0 Å². The highest BCUT2D eigenvalue weighted by Gasteiger charge is 2.09. The molecule has 1 unspecified atom stereocenters. The number of rotatable bonds is 5. The molecule has 0 spiro atoms. The Labute approximate surface area is 132 Å². The van der Waals surface area contributed by atoms with Crippen LogP contribution >= 0.6 is 15.9 Å². The molecule has 21 heavy (non-hydrogen) atoms. The molecule has 0 aliphatic heterocycles. The summed E-state index contributed by atoms with van der Waals surface area (Å²) in [5, 5.41) is 22.4. The first-order valence-corrected chi connectivity index (χ1v) is 7.19. The molecule has 0 bridgehead atoms. The van der Waals surface area contributed by atoms with Gasteiger partial charge in [-0.25, -0.2) is 0 Å². The molecule has 4 nitrogen and oxygen atoms in total.